The van der Waals surface area contributed by atoms with E-state index in [1.54, 1.807) is 11.3 Å². The Kier molecular flexibility index (Phi) is 5.24. The maximum Gasteiger partial charge on any atom is 0.203 e. The molecule has 1 fully saturated rings. The molecule has 6 nitrogen and oxygen atoms in total. The van der Waals surface area contributed by atoms with Crippen LogP contribution in [0.15, 0.2) is 60.1 Å². The van der Waals surface area contributed by atoms with Crippen LogP contribution in [0.5, 0.6) is 0 Å². The van der Waals surface area contributed by atoms with Gasteiger partial charge in [0.2, 0.25) is 4.77 Å². The third kappa shape index (κ3) is 4.02. The number of thiazole rings is 1. The smallest absolute Gasteiger partial charge is 0.203 e. The van der Waals surface area contributed by atoms with E-state index < -0.39 is 0 Å². The zero-order chi connectivity index (χ0) is 19.6. The fourth-order valence-corrected chi connectivity index (χ4v) is 4.73. The lowest BCUT2D eigenvalue weighted by atomic mass is 10.2. The van der Waals surface area contributed by atoms with E-state index in [-0.39, 0.29) is 0 Å². The van der Waals surface area contributed by atoms with Gasteiger partial charge in [0.05, 0.1) is 12.4 Å². The maximum atomic E-state index is 5.57. The Labute approximate surface area is 178 Å². The van der Waals surface area contributed by atoms with Gasteiger partial charge in [-0.2, -0.15) is 5.10 Å². The van der Waals surface area contributed by atoms with Gasteiger partial charge in [-0.25, -0.2) is 9.67 Å². The number of hydrogen-bond acceptors (Lipinski definition) is 6. The van der Waals surface area contributed by atoms with E-state index in [1.807, 2.05) is 39.5 Å². The van der Waals surface area contributed by atoms with Crippen molar-refractivity contribution in [3.05, 3.63) is 70.6 Å². The Morgan fingerprint density at radius 2 is 1.69 bits per heavy atom. The van der Waals surface area contributed by atoms with Gasteiger partial charge in [-0.05, 0) is 24.4 Å². The summed E-state index contributed by atoms with van der Waals surface area (Å²) in [6.07, 6.45) is 1.97. The highest BCUT2D eigenvalue weighted by atomic mass is 32.1. The van der Waals surface area contributed by atoms with Crippen LogP contribution in [0.2, 0.25) is 0 Å². The summed E-state index contributed by atoms with van der Waals surface area (Å²) < 4.78 is 4.63. The summed E-state index contributed by atoms with van der Waals surface area (Å²) in [5.41, 5.74) is 3.25. The molecule has 29 heavy (non-hydrogen) atoms. The number of aromatic nitrogens is 4. The summed E-state index contributed by atoms with van der Waals surface area (Å²) in [6.45, 7) is 5.71. The summed E-state index contributed by atoms with van der Waals surface area (Å²) in [4.78, 5) is 9.72. The van der Waals surface area contributed by atoms with Gasteiger partial charge in [-0.15, -0.1) is 11.3 Å². The van der Waals surface area contributed by atoms with Gasteiger partial charge in [-0.3, -0.25) is 14.2 Å². The summed E-state index contributed by atoms with van der Waals surface area (Å²) in [7, 11) is 0. The summed E-state index contributed by atoms with van der Waals surface area (Å²) in [6, 6.07) is 16.4. The van der Waals surface area contributed by atoms with Crippen LogP contribution in [0.4, 0.5) is 0 Å². The average molecular weight is 423 g/mol. The van der Waals surface area contributed by atoms with Gasteiger partial charge < -0.3 is 0 Å². The Morgan fingerprint density at radius 1 is 0.931 bits per heavy atom. The molecule has 0 saturated carbocycles. The van der Waals surface area contributed by atoms with Crippen LogP contribution in [0.1, 0.15) is 5.69 Å². The summed E-state index contributed by atoms with van der Waals surface area (Å²) >= 11 is 7.29. The van der Waals surface area contributed by atoms with Crippen molar-refractivity contribution in [1.29, 1.82) is 0 Å². The molecule has 0 N–H and O–H groups in total. The second-order valence-corrected chi connectivity index (χ2v) is 8.48. The molecule has 0 amide bonds. The van der Waals surface area contributed by atoms with Gasteiger partial charge in [0.25, 0.3) is 0 Å². The predicted octanol–water partition coefficient (Wildman–Crippen LogP) is 3.76. The number of hydrogen-bond donors (Lipinski definition) is 0. The molecule has 0 radical (unpaired) electrons. The fraction of sp³-hybridized carbons (Fsp3) is 0.286. The minimum atomic E-state index is 0.739. The third-order valence-corrected chi connectivity index (χ3v) is 6.59. The van der Waals surface area contributed by atoms with E-state index >= 15 is 0 Å². The van der Waals surface area contributed by atoms with E-state index in [2.05, 4.69) is 44.5 Å². The first-order valence-electron chi connectivity index (χ1n) is 9.75. The quantitative estimate of drug-likeness (QED) is 0.458. The van der Waals surface area contributed by atoms with Crippen LogP contribution < -0.4 is 0 Å². The number of piperazine rings is 1. The highest BCUT2D eigenvalue weighted by Gasteiger charge is 2.19. The molecule has 0 atom stereocenters. The lowest BCUT2D eigenvalue weighted by Gasteiger charge is -2.34. The van der Waals surface area contributed by atoms with Crippen molar-refractivity contribution in [2.45, 2.75) is 13.2 Å². The molecule has 0 spiro atoms. The molecule has 1 saturated heterocycles. The second-order valence-electron chi connectivity index (χ2n) is 7.26. The zero-order valence-electron chi connectivity index (χ0n) is 16.0. The SMILES string of the molecule is S=c1n(CN2CCN(Cc3csc(-c4ccccc4)n3)CC2)nc2ccccn12. The Balaban J connectivity index is 1.18. The van der Waals surface area contributed by atoms with Crippen molar-refractivity contribution < 1.29 is 0 Å². The molecular weight excluding hydrogens is 400 g/mol. The maximum absolute atomic E-state index is 5.57. The largest absolute Gasteiger partial charge is 0.295 e. The van der Waals surface area contributed by atoms with E-state index in [0.717, 1.165) is 60.5 Å². The molecule has 4 heterocycles. The Bertz CT molecular complexity index is 1150. The summed E-state index contributed by atoms with van der Waals surface area (Å²) in [5, 5.41) is 7.92. The third-order valence-electron chi connectivity index (χ3n) is 5.25. The molecule has 1 aromatic carbocycles. The fourth-order valence-electron chi connectivity index (χ4n) is 3.66. The molecule has 0 bridgehead atoms. The summed E-state index contributed by atoms with van der Waals surface area (Å²) in [5.74, 6) is 0. The Morgan fingerprint density at radius 3 is 2.48 bits per heavy atom. The van der Waals surface area contributed by atoms with Gasteiger partial charge in [-0.1, -0.05) is 36.4 Å². The number of rotatable bonds is 5. The van der Waals surface area contributed by atoms with Gasteiger partial charge in [0.1, 0.15) is 5.01 Å². The minimum Gasteiger partial charge on any atom is -0.295 e. The lowest BCUT2D eigenvalue weighted by Crippen LogP contribution is -2.46. The van der Waals surface area contributed by atoms with Crippen molar-refractivity contribution in [3.63, 3.8) is 0 Å². The zero-order valence-corrected chi connectivity index (χ0v) is 17.6. The van der Waals surface area contributed by atoms with Gasteiger partial charge in [0, 0.05) is 49.9 Å². The first-order valence-corrected chi connectivity index (χ1v) is 11.0. The van der Waals surface area contributed by atoms with E-state index in [9.17, 15) is 0 Å². The van der Waals surface area contributed by atoms with E-state index in [4.69, 9.17) is 17.2 Å². The first-order chi connectivity index (χ1) is 14.3. The monoisotopic (exact) mass is 422 g/mol. The van der Waals surface area contributed by atoms with Crippen LogP contribution in [-0.2, 0) is 13.2 Å². The van der Waals surface area contributed by atoms with Gasteiger partial charge in [0.15, 0.2) is 5.65 Å². The highest BCUT2D eigenvalue weighted by molar-refractivity contribution is 7.71. The molecule has 5 rings (SSSR count). The van der Waals surface area contributed by atoms with Crippen LogP contribution >= 0.6 is 23.6 Å². The second kappa shape index (κ2) is 8.16. The van der Waals surface area contributed by atoms with Crippen molar-refractivity contribution in [2.24, 2.45) is 0 Å². The topological polar surface area (TPSA) is 41.6 Å². The minimum absolute atomic E-state index is 0.739. The molecule has 148 valence electrons. The molecule has 0 unspecified atom stereocenters. The van der Waals surface area contributed by atoms with Crippen LogP contribution in [0.25, 0.3) is 16.2 Å². The Hall–Kier alpha value is -2.39. The number of pyridine rings is 1. The van der Waals surface area contributed by atoms with Crippen molar-refractivity contribution in [1.82, 2.24) is 29.0 Å². The van der Waals surface area contributed by atoms with Crippen molar-refractivity contribution in [3.8, 4) is 10.6 Å². The molecule has 4 aromatic rings. The van der Waals surface area contributed by atoms with Crippen LogP contribution in [-0.4, -0.2) is 55.1 Å². The van der Waals surface area contributed by atoms with Crippen LogP contribution in [0, 0.1) is 4.77 Å². The van der Waals surface area contributed by atoms with Crippen molar-refractivity contribution >= 4 is 29.2 Å². The lowest BCUT2D eigenvalue weighted by molar-refractivity contribution is 0.0976. The number of benzene rings is 1. The normalized spacial score (nSPS) is 15.9. The van der Waals surface area contributed by atoms with Crippen molar-refractivity contribution in [2.75, 3.05) is 26.2 Å². The van der Waals surface area contributed by atoms with E-state index in [0.29, 0.717) is 0 Å². The average Bonchev–Trinajstić information content (AvgIpc) is 3.35. The molecule has 3 aromatic heterocycles. The first kappa shape index (κ1) is 18.6. The predicted molar refractivity (Wildman–Crippen MR) is 118 cm³/mol. The molecule has 1 aliphatic rings. The molecule has 8 heteroatoms. The number of fused-ring (bicyclic) bond motifs is 1. The molecule has 0 aliphatic carbocycles. The molecular formula is C21H22N6S2. The molecule has 1 aliphatic heterocycles. The highest BCUT2D eigenvalue weighted by Crippen LogP contribution is 2.24. The van der Waals surface area contributed by atoms with Crippen LogP contribution in [0.3, 0.4) is 0 Å². The van der Waals surface area contributed by atoms with E-state index in [1.165, 1.54) is 5.56 Å². The number of nitrogens with zero attached hydrogens (tertiary/aromatic N) is 6. The standard InChI is InChI=1S/C21H22N6S2/c28-21-26-9-5-4-8-19(26)23-27(21)16-25-12-10-24(11-13-25)14-18-15-29-20(22-18)17-6-2-1-3-7-17/h1-9,15H,10-14,16H2. The van der Waals surface area contributed by atoms with Gasteiger partial charge >= 0.3 is 0 Å².